The Morgan fingerprint density at radius 1 is 1.18 bits per heavy atom. The standard InChI is InChI=1S/C11H23FN2O2S/c1-8(2)14(9(3)4)10(15)13-17(12,16)11(5,6)7/h8-9H,1-7H3/t17-/m1/s1. The molecule has 0 spiro atoms. The Bertz CT molecular complexity index is 383. The molecule has 0 aliphatic rings. The van der Waals surface area contributed by atoms with E-state index < -0.39 is 20.9 Å². The SMILES string of the molecule is CC(C)N(C(=O)N=[S@](=O)(F)C(C)(C)C)C(C)C. The minimum absolute atomic E-state index is 0.110. The van der Waals surface area contributed by atoms with Crippen LogP contribution in [0.25, 0.3) is 0 Å². The molecule has 0 aromatic carbocycles. The molecule has 0 radical (unpaired) electrons. The van der Waals surface area contributed by atoms with E-state index in [0.29, 0.717) is 0 Å². The van der Waals surface area contributed by atoms with Crippen molar-refractivity contribution in [2.75, 3.05) is 0 Å². The zero-order valence-electron chi connectivity index (χ0n) is 11.7. The maximum absolute atomic E-state index is 13.8. The summed E-state index contributed by atoms with van der Waals surface area (Å²) in [5, 5.41) is 0. The van der Waals surface area contributed by atoms with Gasteiger partial charge in [0.25, 0.3) is 0 Å². The van der Waals surface area contributed by atoms with Gasteiger partial charge in [0.1, 0.15) is 0 Å². The van der Waals surface area contributed by atoms with Crippen molar-refractivity contribution in [1.29, 1.82) is 0 Å². The van der Waals surface area contributed by atoms with E-state index in [1.807, 2.05) is 27.7 Å². The summed E-state index contributed by atoms with van der Waals surface area (Å²) in [5.41, 5.74) is 0. The van der Waals surface area contributed by atoms with Crippen LogP contribution in [0.4, 0.5) is 8.68 Å². The van der Waals surface area contributed by atoms with Crippen molar-refractivity contribution in [3.63, 3.8) is 0 Å². The fourth-order valence-electron chi connectivity index (χ4n) is 1.32. The maximum atomic E-state index is 13.8. The van der Waals surface area contributed by atoms with Crippen LogP contribution < -0.4 is 0 Å². The topological polar surface area (TPSA) is 49.7 Å². The average Bonchev–Trinajstić information content (AvgIpc) is 1.97. The van der Waals surface area contributed by atoms with Gasteiger partial charge in [-0.05, 0) is 48.5 Å². The van der Waals surface area contributed by atoms with Crippen molar-refractivity contribution in [2.24, 2.45) is 4.36 Å². The first kappa shape index (κ1) is 16.4. The summed E-state index contributed by atoms with van der Waals surface area (Å²) in [5.74, 6) is 0. The molecule has 17 heavy (non-hydrogen) atoms. The number of amides is 2. The van der Waals surface area contributed by atoms with Crippen molar-refractivity contribution < 1.29 is 12.9 Å². The number of carbonyl (C=O) groups is 1. The zero-order chi connectivity index (χ0) is 14.0. The Kier molecular flexibility index (Phi) is 5.13. The largest absolute Gasteiger partial charge is 0.354 e. The number of halogens is 1. The van der Waals surface area contributed by atoms with Gasteiger partial charge < -0.3 is 4.90 Å². The van der Waals surface area contributed by atoms with E-state index >= 15 is 0 Å². The predicted octanol–water partition coefficient (Wildman–Crippen LogP) is 3.38. The van der Waals surface area contributed by atoms with E-state index in [4.69, 9.17) is 0 Å². The molecule has 0 bridgehead atoms. The van der Waals surface area contributed by atoms with E-state index in [9.17, 15) is 12.9 Å². The summed E-state index contributed by atoms with van der Waals surface area (Å²) >= 11 is 0. The molecular formula is C11H23FN2O2S. The van der Waals surface area contributed by atoms with Crippen LogP contribution in [0.5, 0.6) is 0 Å². The van der Waals surface area contributed by atoms with E-state index in [2.05, 4.69) is 4.36 Å². The van der Waals surface area contributed by atoms with Gasteiger partial charge in [0.15, 0.2) is 0 Å². The lowest BCUT2D eigenvalue weighted by atomic mass is 10.2. The molecule has 0 aromatic heterocycles. The smallest absolute Gasteiger partial charge is 0.317 e. The summed E-state index contributed by atoms with van der Waals surface area (Å²) in [4.78, 5) is 13.2. The van der Waals surface area contributed by atoms with Crippen LogP contribution in [0.3, 0.4) is 0 Å². The molecule has 1 atom stereocenters. The van der Waals surface area contributed by atoms with E-state index in [1.54, 1.807) is 0 Å². The molecule has 102 valence electrons. The third-order valence-electron chi connectivity index (χ3n) is 2.28. The highest BCUT2D eigenvalue weighted by molar-refractivity contribution is 7.90. The minimum Gasteiger partial charge on any atom is -0.317 e. The molecule has 0 aromatic rings. The van der Waals surface area contributed by atoms with Gasteiger partial charge in [-0.25, -0.2) is 9.00 Å². The Labute approximate surface area is 104 Å². The Morgan fingerprint density at radius 2 is 1.53 bits per heavy atom. The second-order valence-corrected chi connectivity index (χ2v) is 7.86. The van der Waals surface area contributed by atoms with Crippen LogP contribution in [0.1, 0.15) is 48.5 Å². The Morgan fingerprint density at radius 3 is 1.76 bits per heavy atom. The summed E-state index contributed by atoms with van der Waals surface area (Å²) in [6.07, 6.45) is 0. The van der Waals surface area contributed by atoms with Crippen molar-refractivity contribution in [3.05, 3.63) is 0 Å². The van der Waals surface area contributed by atoms with Gasteiger partial charge in [-0.2, -0.15) is 0 Å². The summed E-state index contributed by atoms with van der Waals surface area (Å²) < 4.78 is 27.6. The highest BCUT2D eigenvalue weighted by Gasteiger charge is 2.30. The first-order valence-electron chi connectivity index (χ1n) is 5.68. The molecule has 0 fully saturated rings. The van der Waals surface area contributed by atoms with Gasteiger partial charge in [0.2, 0.25) is 10.1 Å². The lowest BCUT2D eigenvalue weighted by Gasteiger charge is -2.29. The van der Waals surface area contributed by atoms with Crippen molar-refractivity contribution in [2.45, 2.75) is 65.3 Å². The number of hydrogen-bond acceptors (Lipinski definition) is 2. The van der Waals surface area contributed by atoms with Gasteiger partial charge in [0.05, 0.1) is 4.75 Å². The maximum Gasteiger partial charge on any atom is 0.354 e. The average molecular weight is 266 g/mol. The molecule has 4 nitrogen and oxygen atoms in total. The third-order valence-corrected chi connectivity index (χ3v) is 4.19. The normalized spacial score (nSPS) is 15.9. The van der Waals surface area contributed by atoms with Crippen LogP contribution >= 0.6 is 0 Å². The van der Waals surface area contributed by atoms with Gasteiger partial charge in [0, 0.05) is 12.1 Å². The number of carbonyl (C=O) groups excluding carboxylic acids is 1. The van der Waals surface area contributed by atoms with Crippen molar-refractivity contribution in [1.82, 2.24) is 4.90 Å². The summed E-state index contributed by atoms with van der Waals surface area (Å²) in [7, 11) is -4.03. The molecule has 0 heterocycles. The molecule has 0 aliphatic carbocycles. The van der Waals surface area contributed by atoms with E-state index in [1.165, 1.54) is 25.7 Å². The van der Waals surface area contributed by atoms with Gasteiger partial charge in [-0.15, -0.1) is 8.25 Å². The van der Waals surface area contributed by atoms with Crippen LogP contribution in [0, 0.1) is 0 Å². The molecule has 0 N–H and O–H groups in total. The first-order valence-corrected chi connectivity index (χ1v) is 7.10. The Balaban J connectivity index is 5.35. The highest BCUT2D eigenvalue weighted by atomic mass is 32.3. The molecule has 2 amide bonds. The van der Waals surface area contributed by atoms with Gasteiger partial charge in [-0.3, -0.25) is 0 Å². The molecule has 0 saturated heterocycles. The number of urea groups is 1. The minimum atomic E-state index is -4.03. The van der Waals surface area contributed by atoms with E-state index in [-0.39, 0.29) is 12.1 Å². The van der Waals surface area contributed by atoms with Crippen molar-refractivity contribution in [3.8, 4) is 0 Å². The molecule has 0 unspecified atom stereocenters. The highest BCUT2D eigenvalue weighted by Crippen LogP contribution is 2.21. The molecule has 0 saturated carbocycles. The van der Waals surface area contributed by atoms with Crippen LogP contribution in [-0.2, 0) is 10.1 Å². The van der Waals surface area contributed by atoms with Gasteiger partial charge >= 0.3 is 6.03 Å². The fraction of sp³-hybridized carbons (Fsp3) is 0.909. The van der Waals surface area contributed by atoms with Gasteiger partial charge in [-0.1, -0.05) is 0 Å². The van der Waals surface area contributed by atoms with Crippen molar-refractivity contribution >= 4 is 16.1 Å². The first-order chi connectivity index (χ1) is 7.40. The fourth-order valence-corrected chi connectivity index (χ4v) is 1.89. The zero-order valence-corrected chi connectivity index (χ0v) is 12.5. The monoisotopic (exact) mass is 266 g/mol. The van der Waals surface area contributed by atoms with E-state index in [0.717, 1.165) is 0 Å². The third kappa shape index (κ3) is 4.26. The number of nitrogens with zero attached hydrogens (tertiary/aromatic N) is 2. The molecule has 0 aliphatic heterocycles. The summed E-state index contributed by atoms with van der Waals surface area (Å²) in [6, 6.07) is -0.972. The lowest BCUT2D eigenvalue weighted by molar-refractivity contribution is 0.175. The molecule has 0 rings (SSSR count). The quantitative estimate of drug-likeness (QED) is 0.719. The lowest BCUT2D eigenvalue weighted by Crippen LogP contribution is -2.41. The van der Waals surface area contributed by atoms with Crippen LogP contribution in [-0.4, -0.2) is 32.0 Å². The second-order valence-electron chi connectivity index (χ2n) is 5.54. The van der Waals surface area contributed by atoms with Crippen LogP contribution in [0.2, 0.25) is 0 Å². The summed E-state index contributed by atoms with van der Waals surface area (Å²) in [6.45, 7) is 11.6. The number of rotatable bonds is 2. The number of hydrogen-bond donors (Lipinski definition) is 0. The predicted molar refractivity (Wildman–Crippen MR) is 68.9 cm³/mol. The molecular weight excluding hydrogens is 243 g/mol. The second kappa shape index (κ2) is 5.33. The van der Waals surface area contributed by atoms with Crippen LogP contribution in [0.15, 0.2) is 4.36 Å². The molecule has 6 heteroatoms. The Hall–Kier alpha value is -0.650.